The Kier molecular flexibility index (Phi) is 14.1. The lowest BCUT2D eigenvalue weighted by atomic mass is 9.97. The first kappa shape index (κ1) is 42.1. The molecule has 0 aliphatic carbocycles. The first-order valence-electron chi connectivity index (χ1n) is 17.1. The molecule has 4 atom stereocenters. The minimum Gasteiger partial charge on any atom is -0.465 e. The van der Waals surface area contributed by atoms with Crippen molar-refractivity contribution in [3.05, 3.63) is 102 Å². The normalized spacial score (nSPS) is 19.2. The molecule has 2 saturated heterocycles. The summed E-state index contributed by atoms with van der Waals surface area (Å²) in [5.41, 5.74) is 13.4. The lowest BCUT2D eigenvalue weighted by molar-refractivity contribution is 0.0339. The molecule has 2 aromatic carbocycles. The van der Waals surface area contributed by atoms with Gasteiger partial charge in [-0.2, -0.15) is 20.7 Å². The summed E-state index contributed by atoms with van der Waals surface area (Å²) >= 11 is 6.13. The molecule has 0 radical (unpaired) electrons. The summed E-state index contributed by atoms with van der Waals surface area (Å²) in [4.78, 5) is 35.7. The predicted octanol–water partition coefficient (Wildman–Crippen LogP) is 4.43. The Bertz CT molecular complexity index is 2220. The third kappa shape index (κ3) is 9.48. The molecule has 2 aliphatic heterocycles. The Morgan fingerprint density at radius 3 is 1.73 bits per heavy atom. The average molecular weight is 903 g/mol. The molecule has 56 heavy (non-hydrogen) atoms. The molecule has 0 bridgehead atoms. The second-order valence-electron chi connectivity index (χ2n) is 13.0. The topological polar surface area (TPSA) is 234 Å². The van der Waals surface area contributed by atoms with Crippen LogP contribution in [0.4, 0.5) is 8.78 Å². The fourth-order valence-electron chi connectivity index (χ4n) is 6.46. The number of primary amides is 2. The largest absolute Gasteiger partial charge is 0.465 e. The third-order valence-corrected chi connectivity index (χ3v) is 11.1. The predicted molar refractivity (Wildman–Crippen MR) is 200 cm³/mol. The van der Waals surface area contributed by atoms with Crippen molar-refractivity contribution in [1.82, 2.24) is 19.6 Å². The van der Waals surface area contributed by atoms with Gasteiger partial charge >= 0.3 is 5.97 Å². The van der Waals surface area contributed by atoms with E-state index in [1.807, 2.05) is 0 Å². The smallest absolute Gasteiger partial charge is 0.339 e. The fraction of sp³-hybridized carbons (Fsp3) is 0.378. The zero-order valence-electron chi connectivity index (χ0n) is 29.9. The zero-order chi connectivity index (χ0) is 40.7. The maximum atomic E-state index is 14.3. The third-order valence-electron chi connectivity index (χ3n) is 9.38. The lowest BCUT2D eigenvalue weighted by Gasteiger charge is -2.27. The Balaban J connectivity index is 0.000000215. The number of aromatic nitrogens is 4. The molecule has 0 spiro atoms. The van der Waals surface area contributed by atoms with Crippen molar-refractivity contribution in [3.63, 3.8) is 0 Å². The second-order valence-corrected chi connectivity index (χ2v) is 14.6. The van der Waals surface area contributed by atoms with Crippen LogP contribution in [0.2, 0.25) is 0 Å². The number of nitrogens with two attached hydrogens (primary N) is 2. The van der Waals surface area contributed by atoms with Gasteiger partial charge in [0.05, 0.1) is 100 Å². The number of methoxy groups -OCH3 is 1. The summed E-state index contributed by atoms with van der Waals surface area (Å²) < 4.78 is 47.1. The number of amides is 2. The minimum atomic E-state index is -0.700. The number of aliphatic hydroxyl groups is 1. The van der Waals surface area contributed by atoms with Crippen molar-refractivity contribution in [2.45, 2.75) is 44.4 Å². The van der Waals surface area contributed by atoms with E-state index in [2.05, 4.69) is 58.9 Å². The Morgan fingerprint density at radius 1 is 0.839 bits per heavy atom. The van der Waals surface area contributed by atoms with E-state index in [0.717, 1.165) is 0 Å². The van der Waals surface area contributed by atoms with Gasteiger partial charge in [-0.1, -0.05) is 6.07 Å². The molecule has 6 rings (SSSR count). The SMILES string of the molecule is COC(=O)c1cc(Cc2nn(C3COCC[C@@H]3C#N)cc2C(N)=O)cc(F)c1Br.N#C[C@H]1CCOCC1n1cc(C(N)=O)c(Cc2cc(F)c(Br)c(CO)c2)n1. The van der Waals surface area contributed by atoms with E-state index in [1.165, 1.54) is 42.4 Å². The number of nitriles is 2. The molecule has 4 heterocycles. The van der Waals surface area contributed by atoms with Crippen molar-refractivity contribution < 1.29 is 42.5 Å². The summed E-state index contributed by atoms with van der Waals surface area (Å²) in [7, 11) is 1.20. The van der Waals surface area contributed by atoms with E-state index in [9.17, 15) is 38.8 Å². The van der Waals surface area contributed by atoms with Crippen LogP contribution in [0.15, 0.2) is 45.6 Å². The van der Waals surface area contributed by atoms with Crippen LogP contribution < -0.4 is 11.5 Å². The van der Waals surface area contributed by atoms with Crippen molar-refractivity contribution in [3.8, 4) is 12.1 Å². The maximum Gasteiger partial charge on any atom is 0.339 e. The van der Waals surface area contributed by atoms with Crippen LogP contribution in [0.25, 0.3) is 0 Å². The van der Waals surface area contributed by atoms with E-state index in [-0.39, 0.29) is 75.6 Å². The molecular formula is C37H36Br2F2N8O7. The molecule has 0 saturated carbocycles. The molecule has 19 heteroatoms. The van der Waals surface area contributed by atoms with Crippen molar-refractivity contribution in [1.29, 1.82) is 10.5 Å². The number of benzene rings is 2. The Hall–Kier alpha value is -5.05. The van der Waals surface area contributed by atoms with Crippen LogP contribution in [0.3, 0.4) is 0 Å². The van der Waals surface area contributed by atoms with Gasteiger partial charge in [-0.25, -0.2) is 13.6 Å². The van der Waals surface area contributed by atoms with Gasteiger partial charge in [0, 0.05) is 38.4 Å². The maximum absolute atomic E-state index is 14.3. The van der Waals surface area contributed by atoms with Crippen LogP contribution in [-0.4, -0.2) is 76.0 Å². The van der Waals surface area contributed by atoms with Gasteiger partial charge in [0.2, 0.25) is 0 Å². The second kappa shape index (κ2) is 18.7. The highest BCUT2D eigenvalue weighted by atomic mass is 79.9. The number of nitrogens with zero attached hydrogens (tertiary/aromatic N) is 6. The minimum absolute atomic E-state index is 0.00929. The molecule has 15 nitrogen and oxygen atoms in total. The average Bonchev–Trinajstić information content (AvgIpc) is 3.82. The highest BCUT2D eigenvalue weighted by Crippen LogP contribution is 2.30. The van der Waals surface area contributed by atoms with Crippen molar-refractivity contribution in [2.75, 3.05) is 33.5 Å². The molecule has 4 aromatic rings. The summed E-state index contributed by atoms with van der Waals surface area (Å²) in [6.07, 6.45) is 4.36. The molecular weight excluding hydrogens is 866 g/mol. The fourth-order valence-corrected chi connectivity index (χ4v) is 7.20. The molecule has 2 aromatic heterocycles. The summed E-state index contributed by atoms with van der Waals surface area (Å²) in [6, 6.07) is 9.47. The summed E-state index contributed by atoms with van der Waals surface area (Å²) in [5, 5.41) is 37.0. The van der Waals surface area contributed by atoms with Crippen molar-refractivity contribution in [2.24, 2.45) is 23.3 Å². The first-order chi connectivity index (χ1) is 26.8. The van der Waals surface area contributed by atoms with Crippen LogP contribution in [0, 0.1) is 46.1 Å². The van der Waals surface area contributed by atoms with Gasteiger partial charge in [-0.3, -0.25) is 19.0 Å². The molecule has 2 aliphatic rings. The van der Waals surface area contributed by atoms with Gasteiger partial charge in [-0.15, -0.1) is 0 Å². The molecule has 2 amide bonds. The molecule has 294 valence electrons. The number of ether oxygens (including phenoxy) is 3. The van der Waals surface area contributed by atoms with Crippen LogP contribution >= 0.6 is 31.9 Å². The highest BCUT2D eigenvalue weighted by molar-refractivity contribution is 9.10. The summed E-state index contributed by atoms with van der Waals surface area (Å²) in [6.45, 7) is 1.27. The monoisotopic (exact) mass is 900 g/mol. The summed E-state index contributed by atoms with van der Waals surface area (Å²) in [5.74, 6) is -3.79. The van der Waals surface area contributed by atoms with Gasteiger partial charge in [0.1, 0.15) is 11.6 Å². The number of hydrogen-bond acceptors (Lipinski definition) is 11. The highest BCUT2D eigenvalue weighted by Gasteiger charge is 2.31. The first-order valence-corrected chi connectivity index (χ1v) is 18.7. The van der Waals surface area contributed by atoms with E-state index in [0.29, 0.717) is 60.7 Å². The number of hydrogen-bond donors (Lipinski definition) is 3. The zero-order valence-corrected chi connectivity index (χ0v) is 33.1. The Morgan fingerprint density at radius 2 is 1.30 bits per heavy atom. The van der Waals surface area contributed by atoms with Crippen LogP contribution in [-0.2, 0) is 33.7 Å². The van der Waals surface area contributed by atoms with E-state index >= 15 is 0 Å². The van der Waals surface area contributed by atoms with E-state index in [1.54, 1.807) is 10.7 Å². The number of aliphatic hydroxyl groups excluding tert-OH is 1. The molecule has 2 fully saturated rings. The van der Waals surface area contributed by atoms with Gasteiger partial charge < -0.3 is 30.8 Å². The van der Waals surface area contributed by atoms with Crippen LogP contribution in [0.5, 0.6) is 0 Å². The van der Waals surface area contributed by atoms with Gasteiger partial charge in [-0.05, 0) is 79.6 Å². The number of carbonyl (C=O) groups is 3. The van der Waals surface area contributed by atoms with Crippen LogP contribution in [0.1, 0.15) is 84.1 Å². The van der Waals surface area contributed by atoms with Gasteiger partial charge in [0.25, 0.3) is 11.8 Å². The standard InChI is InChI=1S/C19H18BrFN4O4.C18H18BrFN4O3/c1-28-19(27)12-4-10(5-14(21)17(12)20)6-15-13(18(23)26)8-25(24-15)16-9-29-3-2-11(16)7-22;19-17-12(8-25)3-10(4-14(17)20)5-15-13(18(22)26)7-24(23-15)16-9-27-2-1-11(16)6-21/h4-5,8,11,16H,2-3,6,9H2,1H3,(H2,23,26);3-4,7,11,16,25H,1-2,5,8-9H2,(H2,22,26)/t2*11-,16?/m11/s1. The van der Waals surface area contributed by atoms with Gasteiger partial charge in [0.15, 0.2) is 0 Å². The van der Waals surface area contributed by atoms with Crippen molar-refractivity contribution >= 4 is 49.6 Å². The lowest BCUT2D eigenvalue weighted by Crippen LogP contribution is -2.29. The quantitative estimate of drug-likeness (QED) is 0.188. The van der Waals surface area contributed by atoms with E-state index in [4.69, 9.17) is 20.9 Å². The van der Waals surface area contributed by atoms with E-state index < -0.39 is 29.4 Å². The number of carbonyl (C=O) groups excluding carboxylic acids is 3. The molecule has 5 N–H and O–H groups in total. The Labute approximate surface area is 336 Å². The number of rotatable bonds is 10. The number of esters is 1. The molecule has 2 unspecified atom stereocenters. The number of halogens is 4.